The molecule has 130 valence electrons. The van der Waals surface area contributed by atoms with Crippen LogP contribution in [0.15, 0.2) is 29.9 Å². The highest BCUT2D eigenvalue weighted by Gasteiger charge is 2.23. The summed E-state index contributed by atoms with van der Waals surface area (Å²) in [7, 11) is 0. The number of nitrogens with one attached hydrogen (secondary N) is 2. The van der Waals surface area contributed by atoms with E-state index in [0.717, 1.165) is 32.8 Å². The molecule has 24 heavy (non-hydrogen) atoms. The number of thiophene rings is 1. The lowest BCUT2D eigenvalue weighted by Gasteiger charge is -2.34. The van der Waals surface area contributed by atoms with E-state index in [1.807, 2.05) is 19.2 Å². The fourth-order valence-corrected chi connectivity index (χ4v) is 3.61. The molecular weight excluding hydrogens is 326 g/mol. The van der Waals surface area contributed by atoms with Gasteiger partial charge in [-0.3, -0.25) is 9.58 Å². The third-order valence-corrected chi connectivity index (χ3v) is 5.00. The van der Waals surface area contributed by atoms with Crippen LogP contribution >= 0.6 is 11.3 Å². The first-order chi connectivity index (χ1) is 11.8. The minimum atomic E-state index is -0.208. The van der Waals surface area contributed by atoms with Crippen molar-refractivity contribution >= 4 is 23.1 Å². The molecule has 0 aliphatic carbocycles. The molecule has 1 fully saturated rings. The summed E-state index contributed by atoms with van der Waals surface area (Å²) in [6.07, 6.45) is 3.47. The number of aromatic nitrogens is 2. The van der Waals surface area contributed by atoms with Crippen molar-refractivity contribution in [2.24, 2.45) is 0 Å². The molecule has 0 aromatic carbocycles. The molecule has 1 aliphatic heterocycles. The number of hydrogen-bond donors (Lipinski definition) is 2. The smallest absolute Gasteiger partial charge is 0.319 e. The van der Waals surface area contributed by atoms with Gasteiger partial charge in [0.05, 0.1) is 31.1 Å². The Balaban J connectivity index is 1.57. The zero-order valence-corrected chi connectivity index (χ0v) is 14.6. The van der Waals surface area contributed by atoms with Gasteiger partial charge < -0.3 is 15.4 Å². The van der Waals surface area contributed by atoms with E-state index in [-0.39, 0.29) is 12.1 Å². The maximum atomic E-state index is 12.2. The molecule has 2 amide bonds. The molecule has 7 nitrogen and oxygen atoms in total. The summed E-state index contributed by atoms with van der Waals surface area (Å²) < 4.78 is 7.21. The number of ether oxygens (including phenoxy) is 1. The van der Waals surface area contributed by atoms with Crippen molar-refractivity contribution in [3.63, 3.8) is 0 Å². The zero-order valence-electron chi connectivity index (χ0n) is 13.8. The van der Waals surface area contributed by atoms with Crippen LogP contribution in [0.1, 0.15) is 17.8 Å². The van der Waals surface area contributed by atoms with E-state index in [1.165, 1.54) is 4.88 Å². The monoisotopic (exact) mass is 349 g/mol. The van der Waals surface area contributed by atoms with Crippen LogP contribution in [-0.4, -0.2) is 53.6 Å². The largest absolute Gasteiger partial charge is 0.379 e. The lowest BCUT2D eigenvalue weighted by Crippen LogP contribution is -2.44. The molecule has 3 rings (SSSR count). The number of rotatable bonds is 6. The van der Waals surface area contributed by atoms with Crippen LogP contribution in [0, 0.1) is 0 Å². The molecule has 2 aromatic rings. The van der Waals surface area contributed by atoms with Crippen LogP contribution in [0.2, 0.25) is 0 Å². The van der Waals surface area contributed by atoms with Crippen molar-refractivity contribution in [2.75, 3.05) is 38.2 Å². The molecule has 3 heterocycles. The molecular formula is C16H23N5O2S. The Morgan fingerprint density at radius 1 is 1.46 bits per heavy atom. The first kappa shape index (κ1) is 16.9. The topological polar surface area (TPSA) is 71.4 Å². The fourth-order valence-electron chi connectivity index (χ4n) is 2.75. The molecule has 0 radical (unpaired) electrons. The third kappa shape index (κ3) is 4.34. The average Bonchev–Trinajstić information content (AvgIpc) is 3.28. The van der Waals surface area contributed by atoms with Gasteiger partial charge in [0.25, 0.3) is 0 Å². The lowest BCUT2D eigenvalue weighted by atomic mass is 10.2. The predicted molar refractivity (Wildman–Crippen MR) is 94.4 cm³/mol. The standard InChI is InChI=1S/C16H23N5O2S/c1-2-21-12-13(10-18-21)19-16(22)17-11-14(15-4-3-9-24-15)20-5-7-23-8-6-20/h3-4,9-10,12,14H,2,5-8,11H2,1H3,(H2,17,19,22). The second-order valence-corrected chi connectivity index (χ2v) is 6.58. The highest BCUT2D eigenvalue weighted by atomic mass is 32.1. The molecule has 2 aromatic heterocycles. The number of anilines is 1. The first-order valence-corrected chi connectivity index (χ1v) is 9.06. The molecule has 1 unspecified atom stereocenters. The molecule has 0 spiro atoms. The Bertz CT molecular complexity index is 637. The molecule has 2 N–H and O–H groups in total. The Morgan fingerprint density at radius 2 is 2.29 bits per heavy atom. The van der Waals surface area contributed by atoms with Crippen molar-refractivity contribution in [1.29, 1.82) is 0 Å². The number of hydrogen-bond acceptors (Lipinski definition) is 5. The lowest BCUT2D eigenvalue weighted by molar-refractivity contribution is 0.0175. The summed E-state index contributed by atoms with van der Waals surface area (Å²) in [5.41, 5.74) is 0.702. The molecule has 1 atom stereocenters. The second kappa shape index (κ2) is 8.27. The van der Waals surface area contributed by atoms with Crippen molar-refractivity contribution in [2.45, 2.75) is 19.5 Å². The van der Waals surface area contributed by atoms with Gasteiger partial charge in [-0.15, -0.1) is 11.3 Å². The Morgan fingerprint density at radius 3 is 2.96 bits per heavy atom. The fraction of sp³-hybridized carbons (Fsp3) is 0.500. The number of carbonyl (C=O) groups excluding carboxylic acids is 1. The zero-order chi connectivity index (χ0) is 16.8. The first-order valence-electron chi connectivity index (χ1n) is 8.18. The quantitative estimate of drug-likeness (QED) is 0.838. The van der Waals surface area contributed by atoms with Gasteiger partial charge in [-0.2, -0.15) is 5.10 Å². The van der Waals surface area contributed by atoms with E-state index >= 15 is 0 Å². The number of urea groups is 1. The number of carbonyl (C=O) groups is 1. The minimum Gasteiger partial charge on any atom is -0.379 e. The summed E-state index contributed by atoms with van der Waals surface area (Å²) in [6, 6.07) is 4.14. The van der Waals surface area contributed by atoms with Crippen LogP contribution in [-0.2, 0) is 11.3 Å². The van der Waals surface area contributed by atoms with Gasteiger partial charge in [0.2, 0.25) is 0 Å². The number of nitrogens with zero attached hydrogens (tertiary/aromatic N) is 3. The Kier molecular flexibility index (Phi) is 5.84. The molecule has 1 saturated heterocycles. The van der Waals surface area contributed by atoms with Crippen LogP contribution in [0.3, 0.4) is 0 Å². The van der Waals surface area contributed by atoms with Gasteiger partial charge in [0, 0.05) is 37.3 Å². The van der Waals surface area contributed by atoms with E-state index in [9.17, 15) is 4.79 Å². The summed E-state index contributed by atoms with van der Waals surface area (Å²) in [5.74, 6) is 0. The SMILES string of the molecule is CCn1cc(NC(=O)NCC(c2cccs2)N2CCOCC2)cn1. The minimum absolute atomic E-state index is 0.179. The summed E-state index contributed by atoms with van der Waals surface area (Å²) >= 11 is 1.72. The van der Waals surface area contributed by atoms with E-state index in [4.69, 9.17) is 4.74 Å². The maximum Gasteiger partial charge on any atom is 0.319 e. The van der Waals surface area contributed by atoms with E-state index in [0.29, 0.717) is 12.2 Å². The summed E-state index contributed by atoms with van der Waals surface area (Å²) in [5, 5.41) is 12.0. The van der Waals surface area contributed by atoms with Gasteiger partial charge >= 0.3 is 6.03 Å². The van der Waals surface area contributed by atoms with Gasteiger partial charge in [-0.25, -0.2) is 4.79 Å². The van der Waals surface area contributed by atoms with E-state index < -0.39 is 0 Å². The Labute approximate surface area is 145 Å². The maximum absolute atomic E-state index is 12.2. The predicted octanol–water partition coefficient (Wildman–Crippen LogP) is 2.16. The van der Waals surface area contributed by atoms with Crippen molar-refractivity contribution in [1.82, 2.24) is 20.0 Å². The highest BCUT2D eigenvalue weighted by Crippen LogP contribution is 2.25. The third-order valence-electron chi connectivity index (χ3n) is 4.03. The average molecular weight is 349 g/mol. The van der Waals surface area contributed by atoms with Gasteiger partial charge in [0.1, 0.15) is 0 Å². The highest BCUT2D eigenvalue weighted by molar-refractivity contribution is 7.10. The molecule has 8 heteroatoms. The van der Waals surface area contributed by atoms with Crippen LogP contribution in [0.4, 0.5) is 10.5 Å². The van der Waals surface area contributed by atoms with Crippen molar-refractivity contribution < 1.29 is 9.53 Å². The summed E-state index contributed by atoms with van der Waals surface area (Å²) in [4.78, 5) is 15.8. The van der Waals surface area contributed by atoms with E-state index in [2.05, 4.69) is 32.1 Å². The van der Waals surface area contributed by atoms with Crippen molar-refractivity contribution in [3.8, 4) is 0 Å². The van der Waals surface area contributed by atoms with Crippen LogP contribution < -0.4 is 10.6 Å². The Hall–Kier alpha value is -1.90. The van der Waals surface area contributed by atoms with Gasteiger partial charge in [-0.1, -0.05) is 6.07 Å². The van der Waals surface area contributed by atoms with Crippen LogP contribution in [0.5, 0.6) is 0 Å². The van der Waals surface area contributed by atoms with Crippen molar-refractivity contribution in [3.05, 3.63) is 34.8 Å². The molecule has 0 saturated carbocycles. The van der Waals surface area contributed by atoms with Crippen LogP contribution in [0.25, 0.3) is 0 Å². The normalized spacial score (nSPS) is 16.7. The van der Waals surface area contributed by atoms with Gasteiger partial charge in [0.15, 0.2) is 0 Å². The van der Waals surface area contributed by atoms with Gasteiger partial charge in [-0.05, 0) is 18.4 Å². The number of aryl methyl sites for hydroxylation is 1. The summed E-state index contributed by atoms with van der Waals surface area (Å²) in [6.45, 7) is 6.60. The second-order valence-electron chi connectivity index (χ2n) is 5.60. The molecule has 0 bridgehead atoms. The molecule has 1 aliphatic rings. The number of amides is 2. The number of morpholine rings is 1. The van der Waals surface area contributed by atoms with E-state index in [1.54, 1.807) is 22.2 Å².